The molecule has 3 rings (SSSR count). The zero-order chi connectivity index (χ0) is 24.2. The molecule has 0 bridgehead atoms. The van der Waals surface area contributed by atoms with E-state index in [1.807, 2.05) is 0 Å². The van der Waals surface area contributed by atoms with Crippen molar-refractivity contribution in [1.29, 1.82) is 0 Å². The summed E-state index contributed by atoms with van der Waals surface area (Å²) in [5, 5.41) is 1.69. The molecule has 0 aliphatic rings. The van der Waals surface area contributed by atoms with Gasteiger partial charge in [-0.15, -0.1) is 11.3 Å². The van der Waals surface area contributed by atoms with Crippen LogP contribution in [0, 0.1) is 0 Å². The predicted molar refractivity (Wildman–Crippen MR) is 117 cm³/mol. The van der Waals surface area contributed by atoms with Crippen molar-refractivity contribution in [2.75, 3.05) is 4.90 Å². The highest BCUT2D eigenvalue weighted by atomic mass is 32.1. The smallest absolute Gasteiger partial charge is 0.416 e. The molecule has 0 aliphatic carbocycles. The molecule has 33 heavy (non-hydrogen) atoms. The molecule has 2 aromatic carbocycles. The molecule has 6 nitrogen and oxygen atoms in total. The van der Waals surface area contributed by atoms with E-state index in [2.05, 4.69) is 4.98 Å². The van der Waals surface area contributed by atoms with Crippen LogP contribution in [0.3, 0.4) is 0 Å². The van der Waals surface area contributed by atoms with Crippen LogP contribution in [-0.2, 0) is 15.8 Å². The number of Topliss-reactive ketones (excluding diaryl/α,β-unsaturated/α-hetero) is 1. The Morgan fingerprint density at radius 2 is 1.76 bits per heavy atom. The van der Waals surface area contributed by atoms with Crippen molar-refractivity contribution >= 4 is 45.9 Å². The summed E-state index contributed by atoms with van der Waals surface area (Å²) in [7, 11) is 0. The summed E-state index contributed by atoms with van der Waals surface area (Å²) < 4.78 is 44.3. The van der Waals surface area contributed by atoms with Gasteiger partial charge in [-0.1, -0.05) is 6.07 Å². The number of carbonyl (C=O) groups excluding carboxylic acids is 3. The van der Waals surface area contributed by atoms with Crippen molar-refractivity contribution in [1.82, 2.24) is 4.98 Å². The average molecular weight is 474 g/mol. The number of aromatic nitrogens is 1. The fourth-order valence-electron chi connectivity index (χ4n) is 2.77. The van der Waals surface area contributed by atoms with Crippen molar-refractivity contribution in [3.05, 3.63) is 76.8 Å². The highest BCUT2D eigenvalue weighted by Gasteiger charge is 2.31. The van der Waals surface area contributed by atoms with E-state index in [9.17, 15) is 27.6 Å². The van der Waals surface area contributed by atoms with Crippen LogP contribution in [0.25, 0.3) is 6.08 Å². The fourth-order valence-corrected chi connectivity index (χ4v) is 3.62. The SMILES string of the molecule is CC(=O)c1ccc(OC(=O)/C=C/c2csc(N(C(C)=O)c3cccc(C(F)(F)F)c3)n2)cc1. The molecule has 0 saturated heterocycles. The number of ether oxygens (including phenoxy) is 1. The first-order chi connectivity index (χ1) is 15.5. The number of halogens is 3. The zero-order valence-electron chi connectivity index (χ0n) is 17.4. The van der Waals surface area contributed by atoms with E-state index >= 15 is 0 Å². The number of rotatable bonds is 6. The molecule has 3 aromatic rings. The van der Waals surface area contributed by atoms with E-state index in [-0.39, 0.29) is 22.4 Å². The number of nitrogens with zero attached hydrogens (tertiary/aromatic N) is 2. The summed E-state index contributed by atoms with van der Waals surface area (Å²) in [5.41, 5.74) is -0.0640. The molecule has 1 aromatic heterocycles. The molecule has 10 heteroatoms. The molecule has 0 fully saturated rings. The highest BCUT2D eigenvalue weighted by molar-refractivity contribution is 7.14. The highest BCUT2D eigenvalue weighted by Crippen LogP contribution is 2.35. The number of benzene rings is 2. The summed E-state index contributed by atoms with van der Waals surface area (Å²) in [6.07, 6.45) is -2.07. The summed E-state index contributed by atoms with van der Waals surface area (Å²) in [4.78, 5) is 40.7. The molecule has 0 atom stereocenters. The monoisotopic (exact) mass is 474 g/mol. The van der Waals surface area contributed by atoms with Crippen molar-refractivity contribution < 1.29 is 32.3 Å². The minimum atomic E-state index is -4.55. The largest absolute Gasteiger partial charge is 0.423 e. The second kappa shape index (κ2) is 9.78. The number of alkyl halides is 3. The second-order valence-electron chi connectivity index (χ2n) is 6.79. The van der Waals surface area contributed by atoms with Gasteiger partial charge in [0.25, 0.3) is 0 Å². The Bertz CT molecular complexity index is 1220. The fraction of sp³-hybridized carbons (Fsp3) is 0.130. The van der Waals surface area contributed by atoms with Crippen molar-refractivity contribution in [3.63, 3.8) is 0 Å². The first-order valence-corrected chi connectivity index (χ1v) is 10.4. The van der Waals surface area contributed by atoms with Crippen LogP contribution in [0.15, 0.2) is 60.0 Å². The Balaban J connectivity index is 1.74. The second-order valence-corrected chi connectivity index (χ2v) is 7.63. The lowest BCUT2D eigenvalue weighted by Gasteiger charge is -2.19. The topological polar surface area (TPSA) is 76.6 Å². The van der Waals surface area contributed by atoms with Gasteiger partial charge in [-0.3, -0.25) is 14.5 Å². The molecule has 0 spiro atoms. The van der Waals surface area contributed by atoms with Gasteiger partial charge in [0.1, 0.15) is 5.75 Å². The lowest BCUT2D eigenvalue weighted by molar-refractivity contribution is -0.137. The Hall–Kier alpha value is -3.79. The molecule has 0 radical (unpaired) electrons. The number of hydrogen-bond donors (Lipinski definition) is 0. The summed E-state index contributed by atoms with van der Waals surface area (Å²) in [6, 6.07) is 10.4. The van der Waals surface area contributed by atoms with Gasteiger partial charge in [0.05, 0.1) is 16.9 Å². The summed E-state index contributed by atoms with van der Waals surface area (Å²) >= 11 is 1.03. The molecule has 0 aliphatic heterocycles. The Kier molecular flexibility index (Phi) is 7.07. The van der Waals surface area contributed by atoms with Crippen LogP contribution in [0.1, 0.15) is 35.5 Å². The van der Waals surface area contributed by atoms with Crippen molar-refractivity contribution in [2.24, 2.45) is 0 Å². The normalized spacial score (nSPS) is 11.4. The molecular formula is C23H17F3N2O4S. The van der Waals surface area contributed by atoms with Crippen molar-refractivity contribution in [2.45, 2.75) is 20.0 Å². The molecular weight excluding hydrogens is 457 g/mol. The number of carbonyl (C=O) groups is 3. The average Bonchev–Trinajstić information content (AvgIpc) is 3.20. The quantitative estimate of drug-likeness (QED) is 0.199. The van der Waals surface area contributed by atoms with E-state index in [1.54, 1.807) is 5.38 Å². The molecule has 0 N–H and O–H groups in total. The zero-order valence-corrected chi connectivity index (χ0v) is 18.2. The van der Waals surface area contributed by atoms with Crippen LogP contribution in [0.4, 0.5) is 24.0 Å². The number of anilines is 2. The predicted octanol–water partition coefficient (Wildman–Crippen LogP) is 5.67. The molecule has 1 heterocycles. The third kappa shape index (κ3) is 6.13. The van der Waals surface area contributed by atoms with E-state index in [1.165, 1.54) is 56.3 Å². The summed E-state index contributed by atoms with van der Waals surface area (Å²) in [6.45, 7) is 2.64. The molecule has 0 unspecified atom stereocenters. The van der Waals surface area contributed by atoms with Gasteiger partial charge in [-0.2, -0.15) is 13.2 Å². The lowest BCUT2D eigenvalue weighted by Crippen LogP contribution is -2.23. The van der Waals surface area contributed by atoms with Gasteiger partial charge in [-0.05, 0) is 55.5 Å². The van der Waals surface area contributed by atoms with Crippen molar-refractivity contribution in [3.8, 4) is 5.75 Å². The van der Waals surface area contributed by atoms with Gasteiger partial charge < -0.3 is 4.74 Å². The van der Waals surface area contributed by atoms with Gasteiger partial charge in [0, 0.05) is 23.9 Å². The first-order valence-electron chi connectivity index (χ1n) is 9.49. The standard InChI is InChI=1S/C23H17F3N2O4S/c1-14(29)16-6-9-20(10-7-16)32-21(31)11-8-18-13-33-22(27-18)28(15(2)30)19-5-3-4-17(12-19)23(24,25)26/h3-13H,1-2H3/b11-8+. The molecule has 170 valence electrons. The number of ketones is 1. The Morgan fingerprint density at radius 3 is 2.36 bits per heavy atom. The number of hydrogen-bond acceptors (Lipinski definition) is 6. The van der Waals surface area contributed by atoms with Gasteiger partial charge >= 0.3 is 12.1 Å². The molecule has 0 saturated carbocycles. The minimum absolute atomic E-state index is 0.0237. The molecule has 1 amide bonds. The third-order valence-electron chi connectivity index (χ3n) is 4.32. The summed E-state index contributed by atoms with van der Waals surface area (Å²) in [5.74, 6) is -1.08. The first kappa shape index (κ1) is 23.9. The number of thiazole rings is 1. The number of esters is 1. The maximum absolute atomic E-state index is 13.0. The van der Waals surface area contributed by atoms with E-state index in [0.717, 1.165) is 34.4 Å². The van der Waals surface area contributed by atoms with Crippen LogP contribution in [0.5, 0.6) is 5.75 Å². The van der Waals surface area contributed by atoms with E-state index < -0.39 is 23.6 Å². The van der Waals surface area contributed by atoms with Crippen LogP contribution in [0.2, 0.25) is 0 Å². The van der Waals surface area contributed by atoms with Gasteiger partial charge in [-0.25, -0.2) is 9.78 Å². The minimum Gasteiger partial charge on any atom is -0.423 e. The Labute approximate surface area is 190 Å². The number of amides is 1. The maximum atomic E-state index is 13.0. The van der Waals surface area contributed by atoms with Gasteiger partial charge in [0.2, 0.25) is 5.91 Å². The van der Waals surface area contributed by atoms with E-state index in [0.29, 0.717) is 11.3 Å². The Morgan fingerprint density at radius 1 is 1.06 bits per heavy atom. The van der Waals surface area contributed by atoms with E-state index in [4.69, 9.17) is 4.74 Å². The maximum Gasteiger partial charge on any atom is 0.416 e. The van der Waals surface area contributed by atoms with Crippen LogP contribution in [-0.4, -0.2) is 22.6 Å². The van der Waals surface area contributed by atoms with Gasteiger partial charge in [0.15, 0.2) is 10.9 Å². The third-order valence-corrected chi connectivity index (χ3v) is 5.16. The van der Waals surface area contributed by atoms with Crippen LogP contribution < -0.4 is 9.64 Å². The lowest BCUT2D eigenvalue weighted by atomic mass is 10.1. The van der Waals surface area contributed by atoms with Crippen LogP contribution >= 0.6 is 11.3 Å².